The number of amides is 1. The molecule has 0 saturated heterocycles. The quantitative estimate of drug-likeness (QED) is 0.896. The van der Waals surface area contributed by atoms with Crippen molar-refractivity contribution in [3.8, 4) is 6.07 Å². The summed E-state index contributed by atoms with van der Waals surface area (Å²) in [6.07, 6.45) is 0. The van der Waals surface area contributed by atoms with E-state index in [0.717, 1.165) is 20.0 Å². The summed E-state index contributed by atoms with van der Waals surface area (Å²) in [5.41, 5.74) is 1.24. The van der Waals surface area contributed by atoms with Crippen LogP contribution in [0.2, 0.25) is 0 Å². The third-order valence-corrected chi connectivity index (χ3v) is 5.39. The lowest BCUT2D eigenvalue weighted by atomic mass is 10.2. The van der Waals surface area contributed by atoms with E-state index in [-0.39, 0.29) is 16.9 Å². The number of hydrogen-bond donors (Lipinski definition) is 1. The Balaban J connectivity index is 2.31. The molecule has 98 valence electrons. The average molecular weight is 355 g/mol. The minimum atomic E-state index is -0.290. The van der Waals surface area contributed by atoms with E-state index in [0.29, 0.717) is 0 Å². The van der Waals surface area contributed by atoms with Crippen LogP contribution >= 0.6 is 39.5 Å². The minimum Gasteiger partial charge on any atom is -0.335 e. The van der Waals surface area contributed by atoms with E-state index in [1.807, 2.05) is 37.3 Å². The number of benzene rings is 1. The molecule has 1 aliphatic rings. The van der Waals surface area contributed by atoms with Gasteiger partial charge in [0.2, 0.25) is 0 Å². The van der Waals surface area contributed by atoms with Gasteiger partial charge in [-0.15, -0.1) is 11.8 Å². The van der Waals surface area contributed by atoms with Crippen molar-refractivity contribution in [2.75, 3.05) is 5.75 Å². The fraction of sp³-hybridized carbons (Fsp3) is 0.231. The minimum absolute atomic E-state index is 0.142. The Morgan fingerprint density at radius 2 is 2.37 bits per heavy atom. The van der Waals surface area contributed by atoms with Crippen molar-refractivity contribution in [2.24, 2.45) is 0 Å². The number of carbonyl (C=O) groups excluding carboxylic acids is 1. The van der Waals surface area contributed by atoms with E-state index in [9.17, 15) is 4.79 Å². The van der Waals surface area contributed by atoms with Crippen molar-refractivity contribution >= 4 is 45.4 Å². The lowest BCUT2D eigenvalue weighted by Crippen LogP contribution is -2.31. The van der Waals surface area contributed by atoms with E-state index in [1.165, 1.54) is 23.5 Å². The Morgan fingerprint density at radius 1 is 1.58 bits per heavy atom. The first kappa shape index (κ1) is 14.5. The molecule has 1 aromatic carbocycles. The number of halogens is 1. The van der Waals surface area contributed by atoms with Crippen molar-refractivity contribution < 1.29 is 4.79 Å². The maximum Gasteiger partial charge on any atom is 0.264 e. The molecule has 1 N–H and O–H groups in total. The molecular weight excluding hydrogens is 344 g/mol. The smallest absolute Gasteiger partial charge is 0.264 e. The van der Waals surface area contributed by atoms with Crippen LogP contribution in [-0.4, -0.2) is 11.7 Å². The first-order valence-corrected chi connectivity index (χ1v) is 8.31. The van der Waals surface area contributed by atoms with Crippen LogP contribution in [0.3, 0.4) is 0 Å². The highest BCUT2D eigenvalue weighted by Gasteiger charge is 2.28. The van der Waals surface area contributed by atoms with Gasteiger partial charge >= 0.3 is 0 Å². The number of thioether (sulfide) groups is 2. The Labute approximate surface area is 129 Å². The summed E-state index contributed by atoms with van der Waals surface area (Å²) in [6.45, 7) is 2.01. The van der Waals surface area contributed by atoms with Crippen LogP contribution in [-0.2, 0) is 4.79 Å². The molecule has 19 heavy (non-hydrogen) atoms. The molecule has 1 atom stereocenters. The van der Waals surface area contributed by atoms with Gasteiger partial charge in [0.05, 0.1) is 4.24 Å². The third-order valence-electron chi connectivity index (χ3n) is 2.46. The zero-order valence-corrected chi connectivity index (χ0v) is 13.4. The standard InChI is InChI=1S/C13H11BrN2OS2/c1-2-18-13-10(7-15)11(17)16-12(19-13)8-4-3-5-9(14)6-8/h3-6,12H,2H2,1H3,(H,16,17). The third kappa shape index (κ3) is 3.35. The predicted octanol–water partition coefficient (Wildman–Crippen LogP) is 3.80. The molecule has 2 rings (SSSR count). The molecule has 6 heteroatoms. The summed E-state index contributed by atoms with van der Waals surface area (Å²) in [4.78, 5) is 11.9. The molecule has 1 aliphatic heterocycles. The summed E-state index contributed by atoms with van der Waals surface area (Å²) >= 11 is 6.48. The lowest BCUT2D eigenvalue weighted by molar-refractivity contribution is -0.117. The highest BCUT2D eigenvalue weighted by molar-refractivity contribution is 9.10. The second-order valence-electron chi connectivity index (χ2n) is 3.73. The number of carbonyl (C=O) groups is 1. The summed E-state index contributed by atoms with van der Waals surface area (Å²) in [5.74, 6) is 0.550. The molecule has 0 radical (unpaired) electrons. The van der Waals surface area contributed by atoms with E-state index < -0.39 is 0 Å². The van der Waals surface area contributed by atoms with Gasteiger partial charge in [0.1, 0.15) is 17.0 Å². The van der Waals surface area contributed by atoms with Crippen LogP contribution in [0.4, 0.5) is 0 Å². The second kappa shape index (κ2) is 6.51. The molecule has 0 aromatic heterocycles. The van der Waals surface area contributed by atoms with Gasteiger partial charge in [-0.2, -0.15) is 5.26 Å². The molecule has 1 heterocycles. The molecule has 1 unspecified atom stereocenters. The van der Waals surface area contributed by atoms with Crippen molar-refractivity contribution in [1.82, 2.24) is 5.32 Å². The second-order valence-corrected chi connectivity index (χ2v) is 7.30. The van der Waals surface area contributed by atoms with Gasteiger partial charge in [0, 0.05) is 4.47 Å². The summed E-state index contributed by atoms with van der Waals surface area (Å²) in [5, 5.41) is 11.8. The Morgan fingerprint density at radius 3 is 3.00 bits per heavy atom. The first-order chi connectivity index (χ1) is 9.15. The zero-order valence-electron chi connectivity index (χ0n) is 10.1. The SMILES string of the molecule is CCSC1=C(C#N)C(=O)NC(c2cccc(Br)c2)S1. The van der Waals surface area contributed by atoms with E-state index in [4.69, 9.17) is 5.26 Å². The topological polar surface area (TPSA) is 52.9 Å². The van der Waals surface area contributed by atoms with E-state index in [1.54, 1.807) is 0 Å². The van der Waals surface area contributed by atoms with Crippen molar-refractivity contribution in [3.63, 3.8) is 0 Å². The largest absolute Gasteiger partial charge is 0.335 e. The Kier molecular flexibility index (Phi) is 4.97. The van der Waals surface area contributed by atoms with Gasteiger partial charge in [0.15, 0.2) is 0 Å². The van der Waals surface area contributed by atoms with Crippen LogP contribution in [0.25, 0.3) is 0 Å². The summed E-state index contributed by atoms with van der Waals surface area (Å²) < 4.78 is 1.78. The molecule has 0 aliphatic carbocycles. The summed E-state index contributed by atoms with van der Waals surface area (Å²) in [6, 6.07) is 9.81. The van der Waals surface area contributed by atoms with Crippen LogP contribution in [0, 0.1) is 11.3 Å². The number of rotatable bonds is 3. The highest BCUT2D eigenvalue weighted by atomic mass is 79.9. The lowest BCUT2D eigenvalue weighted by Gasteiger charge is -2.25. The van der Waals surface area contributed by atoms with Crippen molar-refractivity contribution in [3.05, 3.63) is 44.1 Å². The zero-order chi connectivity index (χ0) is 13.8. The van der Waals surface area contributed by atoms with Crippen LogP contribution in [0.1, 0.15) is 17.9 Å². The highest BCUT2D eigenvalue weighted by Crippen LogP contribution is 2.43. The molecule has 1 aromatic rings. The van der Waals surface area contributed by atoms with Gasteiger partial charge in [-0.05, 0) is 23.4 Å². The first-order valence-electron chi connectivity index (χ1n) is 5.66. The predicted molar refractivity (Wildman–Crippen MR) is 83.4 cm³/mol. The number of nitriles is 1. The van der Waals surface area contributed by atoms with Gasteiger partial charge < -0.3 is 5.32 Å². The van der Waals surface area contributed by atoms with E-state index in [2.05, 4.69) is 21.2 Å². The molecule has 1 amide bonds. The number of nitrogens with zero attached hydrogens (tertiary/aromatic N) is 1. The average Bonchev–Trinajstić information content (AvgIpc) is 2.39. The maximum atomic E-state index is 11.9. The molecular formula is C13H11BrN2OS2. The number of nitrogens with one attached hydrogen (secondary N) is 1. The van der Waals surface area contributed by atoms with Gasteiger partial charge in [-0.25, -0.2) is 0 Å². The Hall–Kier alpha value is -0.900. The van der Waals surface area contributed by atoms with Crippen LogP contribution in [0.5, 0.6) is 0 Å². The maximum absolute atomic E-state index is 11.9. The van der Waals surface area contributed by atoms with Gasteiger partial charge in [0.25, 0.3) is 5.91 Å². The molecule has 3 nitrogen and oxygen atoms in total. The molecule has 0 bridgehead atoms. The molecule has 0 saturated carbocycles. The fourth-order valence-electron chi connectivity index (χ4n) is 1.63. The normalized spacial score (nSPS) is 19.0. The van der Waals surface area contributed by atoms with Gasteiger partial charge in [-0.3, -0.25) is 4.79 Å². The molecule has 0 fully saturated rings. The van der Waals surface area contributed by atoms with E-state index >= 15 is 0 Å². The number of hydrogen-bond acceptors (Lipinski definition) is 4. The van der Waals surface area contributed by atoms with Crippen LogP contribution in [0.15, 0.2) is 38.5 Å². The molecule has 0 spiro atoms. The summed E-state index contributed by atoms with van der Waals surface area (Å²) in [7, 11) is 0. The monoisotopic (exact) mass is 354 g/mol. The van der Waals surface area contributed by atoms with Crippen molar-refractivity contribution in [2.45, 2.75) is 12.3 Å². The van der Waals surface area contributed by atoms with Crippen LogP contribution < -0.4 is 5.32 Å². The Bertz CT molecular complexity index is 580. The van der Waals surface area contributed by atoms with Gasteiger partial charge in [-0.1, -0.05) is 46.7 Å². The van der Waals surface area contributed by atoms with Crippen molar-refractivity contribution in [1.29, 1.82) is 5.26 Å². The fourth-order valence-corrected chi connectivity index (χ4v) is 4.43.